The van der Waals surface area contributed by atoms with Gasteiger partial charge in [0.25, 0.3) is 5.56 Å². The molecular weight excluding hydrogens is 414 g/mol. The van der Waals surface area contributed by atoms with Crippen LogP contribution in [0.25, 0.3) is 0 Å². The van der Waals surface area contributed by atoms with Crippen molar-refractivity contribution in [3.05, 3.63) is 87.8 Å². The van der Waals surface area contributed by atoms with Crippen LogP contribution in [0.4, 0.5) is 11.6 Å². The van der Waals surface area contributed by atoms with Gasteiger partial charge in [0.2, 0.25) is 5.95 Å². The predicted octanol–water partition coefficient (Wildman–Crippen LogP) is 4.54. The zero-order chi connectivity index (χ0) is 22.5. The van der Waals surface area contributed by atoms with Crippen molar-refractivity contribution in [2.75, 3.05) is 18.5 Å². The molecular formula is C27H29N3O3. The summed E-state index contributed by atoms with van der Waals surface area (Å²) in [6.07, 6.45) is 3.24. The number of hydrogen-bond acceptors (Lipinski definition) is 5. The van der Waals surface area contributed by atoms with Crippen LogP contribution in [0.1, 0.15) is 43.0 Å². The van der Waals surface area contributed by atoms with Crippen molar-refractivity contribution in [2.24, 2.45) is 11.8 Å². The second-order valence-corrected chi connectivity index (χ2v) is 9.51. The quantitative estimate of drug-likeness (QED) is 0.622. The van der Waals surface area contributed by atoms with Crippen LogP contribution in [0, 0.1) is 11.8 Å². The summed E-state index contributed by atoms with van der Waals surface area (Å²) in [5.41, 5.74) is 3.44. The van der Waals surface area contributed by atoms with Crippen LogP contribution in [0.3, 0.4) is 0 Å². The van der Waals surface area contributed by atoms with E-state index in [-0.39, 0.29) is 22.8 Å². The van der Waals surface area contributed by atoms with E-state index >= 15 is 0 Å². The van der Waals surface area contributed by atoms with Gasteiger partial charge in [-0.2, -0.15) is 0 Å². The van der Waals surface area contributed by atoms with E-state index in [1.807, 2.05) is 36.4 Å². The smallest absolute Gasteiger partial charge is 0.255 e. The number of nitrogens with one attached hydrogen (secondary N) is 2. The van der Waals surface area contributed by atoms with E-state index < -0.39 is 5.79 Å². The molecule has 6 nitrogen and oxygen atoms in total. The Bertz CT molecular complexity index is 1200. The van der Waals surface area contributed by atoms with Crippen LogP contribution in [0.2, 0.25) is 0 Å². The molecule has 6 heteroatoms. The highest BCUT2D eigenvalue weighted by Gasteiger charge is 2.60. The van der Waals surface area contributed by atoms with Gasteiger partial charge in [-0.25, -0.2) is 4.98 Å². The summed E-state index contributed by atoms with van der Waals surface area (Å²) < 4.78 is 12.4. The monoisotopic (exact) mass is 443 g/mol. The van der Waals surface area contributed by atoms with E-state index in [0.29, 0.717) is 25.6 Å². The molecule has 0 radical (unpaired) electrons. The summed E-state index contributed by atoms with van der Waals surface area (Å²) in [4.78, 5) is 21.4. The van der Waals surface area contributed by atoms with Crippen LogP contribution < -0.4 is 10.9 Å². The van der Waals surface area contributed by atoms with Crippen molar-refractivity contribution in [1.82, 2.24) is 9.97 Å². The summed E-state index contributed by atoms with van der Waals surface area (Å²) in [7, 11) is 0. The first-order valence-corrected chi connectivity index (χ1v) is 11.9. The van der Waals surface area contributed by atoms with Gasteiger partial charge in [0.15, 0.2) is 5.79 Å². The molecule has 170 valence electrons. The second-order valence-electron chi connectivity index (χ2n) is 9.51. The maximum atomic E-state index is 13.3. The fourth-order valence-electron chi connectivity index (χ4n) is 6.53. The topological polar surface area (TPSA) is 76.2 Å². The largest absolute Gasteiger partial charge is 0.347 e. The number of benzene rings is 2. The molecule has 33 heavy (non-hydrogen) atoms. The third kappa shape index (κ3) is 3.15. The Hall–Kier alpha value is -2.96. The van der Waals surface area contributed by atoms with Crippen molar-refractivity contribution in [3.63, 3.8) is 0 Å². The molecule has 2 fully saturated rings. The highest BCUT2D eigenvalue weighted by Crippen LogP contribution is 2.59. The second kappa shape index (κ2) is 7.82. The van der Waals surface area contributed by atoms with Crippen molar-refractivity contribution in [3.8, 4) is 0 Å². The summed E-state index contributed by atoms with van der Waals surface area (Å²) in [6, 6.07) is 20.4. The molecule has 2 N–H and O–H groups in total. The molecule has 3 aromatic rings. The number of nitrogens with zero attached hydrogens (tertiary/aromatic N) is 1. The fourth-order valence-corrected chi connectivity index (χ4v) is 6.53. The first-order chi connectivity index (χ1) is 16.1. The van der Waals surface area contributed by atoms with Crippen molar-refractivity contribution in [2.45, 2.75) is 43.8 Å². The van der Waals surface area contributed by atoms with E-state index in [9.17, 15) is 4.79 Å². The SMILES string of the molecule is C[C@H]1[C@@H]2CCc3c(nc(Nc4ccccc4)[nH]c3=O)[C@@]2(c2ccccc2)CCC12OCCO2. The van der Waals surface area contributed by atoms with Gasteiger partial charge in [-0.05, 0) is 42.9 Å². The van der Waals surface area contributed by atoms with Crippen molar-refractivity contribution in [1.29, 1.82) is 0 Å². The average molecular weight is 444 g/mol. The molecule has 1 spiro atoms. The molecule has 3 atom stereocenters. The Morgan fingerprint density at radius 2 is 1.70 bits per heavy atom. The lowest BCUT2D eigenvalue weighted by Crippen LogP contribution is -2.57. The molecule has 2 heterocycles. The molecule has 0 amide bonds. The van der Waals surface area contributed by atoms with E-state index in [1.165, 1.54) is 5.56 Å². The molecule has 2 aromatic carbocycles. The van der Waals surface area contributed by atoms with Gasteiger partial charge in [0, 0.05) is 29.0 Å². The minimum Gasteiger partial charge on any atom is -0.347 e. The van der Waals surface area contributed by atoms with Gasteiger partial charge in [0.1, 0.15) is 0 Å². The van der Waals surface area contributed by atoms with Gasteiger partial charge in [-0.3, -0.25) is 9.78 Å². The van der Waals surface area contributed by atoms with E-state index in [0.717, 1.165) is 36.2 Å². The van der Waals surface area contributed by atoms with E-state index in [4.69, 9.17) is 14.5 Å². The molecule has 0 bridgehead atoms. The zero-order valence-electron chi connectivity index (χ0n) is 18.8. The minimum atomic E-state index is -0.521. The first kappa shape index (κ1) is 20.6. The Kier molecular flexibility index (Phi) is 4.89. The summed E-state index contributed by atoms with van der Waals surface area (Å²) in [5, 5.41) is 3.30. The lowest BCUT2D eigenvalue weighted by atomic mass is 9.52. The zero-order valence-corrected chi connectivity index (χ0v) is 18.8. The Morgan fingerprint density at radius 1 is 1.00 bits per heavy atom. The maximum absolute atomic E-state index is 13.3. The van der Waals surface area contributed by atoms with Crippen molar-refractivity contribution < 1.29 is 9.47 Å². The number of aromatic nitrogens is 2. The van der Waals surface area contributed by atoms with Gasteiger partial charge < -0.3 is 14.8 Å². The molecule has 1 saturated carbocycles. The number of fused-ring (bicyclic) bond motifs is 3. The lowest BCUT2D eigenvalue weighted by Gasteiger charge is -2.55. The van der Waals surface area contributed by atoms with Crippen LogP contribution in [-0.4, -0.2) is 29.0 Å². The number of hydrogen-bond donors (Lipinski definition) is 2. The van der Waals surface area contributed by atoms with Crippen molar-refractivity contribution >= 4 is 11.6 Å². The predicted molar refractivity (Wildman–Crippen MR) is 127 cm³/mol. The van der Waals surface area contributed by atoms with Gasteiger partial charge >= 0.3 is 0 Å². The van der Waals surface area contributed by atoms with Gasteiger partial charge in [-0.1, -0.05) is 55.5 Å². The van der Waals surface area contributed by atoms with Crippen LogP contribution in [0.5, 0.6) is 0 Å². The minimum absolute atomic E-state index is 0.0477. The average Bonchev–Trinajstić information content (AvgIpc) is 3.32. The third-order valence-corrected chi connectivity index (χ3v) is 8.04. The molecule has 1 saturated heterocycles. The molecule has 1 aliphatic heterocycles. The lowest BCUT2D eigenvalue weighted by molar-refractivity contribution is -0.232. The Balaban J connectivity index is 1.52. The number of ether oxygens (including phenoxy) is 2. The Morgan fingerprint density at radius 3 is 2.42 bits per heavy atom. The summed E-state index contributed by atoms with van der Waals surface area (Å²) in [6.45, 7) is 3.55. The number of aromatic amines is 1. The molecule has 1 aromatic heterocycles. The highest BCUT2D eigenvalue weighted by atomic mass is 16.7. The molecule has 2 aliphatic carbocycles. The molecule has 0 unspecified atom stereocenters. The number of para-hydroxylation sites is 1. The van der Waals surface area contributed by atoms with Crippen LogP contribution in [0.15, 0.2) is 65.5 Å². The van der Waals surface area contributed by atoms with Gasteiger partial charge in [0.05, 0.1) is 18.9 Å². The van der Waals surface area contributed by atoms with Crippen LogP contribution in [-0.2, 0) is 21.3 Å². The third-order valence-electron chi connectivity index (χ3n) is 8.04. The van der Waals surface area contributed by atoms with Gasteiger partial charge in [-0.15, -0.1) is 0 Å². The fraction of sp³-hybridized carbons (Fsp3) is 0.407. The highest BCUT2D eigenvalue weighted by molar-refractivity contribution is 5.54. The van der Waals surface area contributed by atoms with E-state index in [1.54, 1.807) is 0 Å². The maximum Gasteiger partial charge on any atom is 0.255 e. The number of rotatable bonds is 3. The molecule has 6 rings (SSSR count). The summed E-state index contributed by atoms with van der Waals surface area (Å²) >= 11 is 0. The number of H-pyrrole nitrogens is 1. The Labute approximate surface area is 193 Å². The molecule has 3 aliphatic rings. The first-order valence-electron chi connectivity index (χ1n) is 11.9. The number of anilines is 2. The van der Waals surface area contributed by atoms with Crippen LogP contribution >= 0.6 is 0 Å². The summed E-state index contributed by atoms with van der Waals surface area (Å²) in [5.74, 6) is 0.418. The van der Waals surface area contributed by atoms with E-state index in [2.05, 4.69) is 41.5 Å². The standard InChI is InChI=1S/C27H29N3O3/c1-18-22-13-12-21-23(29-25(30-24(21)31)28-20-10-6-3-7-11-20)26(22,19-8-4-2-5-9-19)14-15-27(18)32-16-17-33-27/h2-11,18,22H,12-17H2,1H3,(H2,28,29,30,31)/t18-,22-,26+/m0/s1. The normalized spacial score (nSPS) is 27.7.